The lowest BCUT2D eigenvalue weighted by Gasteiger charge is -2.12. The van der Waals surface area contributed by atoms with E-state index >= 15 is 0 Å². The summed E-state index contributed by atoms with van der Waals surface area (Å²) in [4.78, 5) is 11.0. The zero-order chi connectivity index (χ0) is 13.5. The summed E-state index contributed by atoms with van der Waals surface area (Å²) < 4.78 is 6.54. The molecule has 0 aliphatic carbocycles. The van der Waals surface area contributed by atoms with E-state index in [1.807, 2.05) is 6.92 Å². The van der Waals surface area contributed by atoms with Gasteiger partial charge in [-0.1, -0.05) is 12.1 Å². The zero-order valence-electron chi connectivity index (χ0n) is 10.7. The molecule has 1 aromatic rings. The summed E-state index contributed by atoms with van der Waals surface area (Å²) in [6, 6.07) is 0. The van der Waals surface area contributed by atoms with Crippen LogP contribution in [-0.2, 0) is 17.7 Å². The van der Waals surface area contributed by atoms with E-state index in [9.17, 15) is 4.79 Å². The van der Waals surface area contributed by atoms with Gasteiger partial charge in [-0.15, -0.1) is 5.10 Å². The highest BCUT2D eigenvalue weighted by Gasteiger charge is 2.19. The SMILES string of the molecule is COCCc1c(C(=O)O)nnn1CC(C)CCO. The highest BCUT2D eigenvalue weighted by atomic mass is 16.5. The Morgan fingerprint density at radius 1 is 1.56 bits per heavy atom. The van der Waals surface area contributed by atoms with Crippen LogP contribution in [0.2, 0.25) is 0 Å². The number of ether oxygens (including phenoxy) is 1. The van der Waals surface area contributed by atoms with E-state index in [-0.39, 0.29) is 18.2 Å². The lowest BCUT2D eigenvalue weighted by molar-refractivity contribution is 0.0688. The molecule has 7 nitrogen and oxygen atoms in total. The average molecular weight is 257 g/mol. The van der Waals surface area contributed by atoms with Gasteiger partial charge in [0.1, 0.15) is 0 Å². The second-order valence-corrected chi connectivity index (χ2v) is 4.23. The van der Waals surface area contributed by atoms with Crippen LogP contribution in [0.1, 0.15) is 29.5 Å². The normalized spacial score (nSPS) is 12.6. The van der Waals surface area contributed by atoms with Crippen molar-refractivity contribution in [2.45, 2.75) is 26.3 Å². The molecule has 0 spiro atoms. The van der Waals surface area contributed by atoms with Gasteiger partial charge < -0.3 is 14.9 Å². The van der Waals surface area contributed by atoms with Crippen molar-refractivity contribution in [3.63, 3.8) is 0 Å². The molecule has 1 aromatic heterocycles. The maximum atomic E-state index is 11.0. The highest BCUT2D eigenvalue weighted by molar-refractivity contribution is 5.86. The number of aromatic carboxylic acids is 1. The molecular weight excluding hydrogens is 238 g/mol. The van der Waals surface area contributed by atoms with Gasteiger partial charge in [0.05, 0.1) is 12.3 Å². The lowest BCUT2D eigenvalue weighted by atomic mass is 10.1. The van der Waals surface area contributed by atoms with Crippen LogP contribution in [0, 0.1) is 5.92 Å². The minimum atomic E-state index is -1.08. The first-order valence-electron chi connectivity index (χ1n) is 5.85. The molecule has 1 heterocycles. The molecule has 2 N–H and O–H groups in total. The van der Waals surface area contributed by atoms with Crippen molar-refractivity contribution in [3.05, 3.63) is 11.4 Å². The maximum Gasteiger partial charge on any atom is 0.358 e. The Morgan fingerprint density at radius 3 is 2.83 bits per heavy atom. The number of aliphatic hydroxyl groups is 1. The highest BCUT2D eigenvalue weighted by Crippen LogP contribution is 2.11. The molecule has 0 bridgehead atoms. The van der Waals surface area contributed by atoms with Gasteiger partial charge in [-0.25, -0.2) is 9.48 Å². The van der Waals surface area contributed by atoms with Gasteiger partial charge >= 0.3 is 5.97 Å². The fourth-order valence-electron chi connectivity index (χ4n) is 1.70. The molecule has 0 fully saturated rings. The summed E-state index contributed by atoms with van der Waals surface area (Å²) in [6.45, 7) is 3.04. The van der Waals surface area contributed by atoms with E-state index < -0.39 is 5.97 Å². The Kier molecular flexibility index (Phi) is 5.73. The van der Waals surface area contributed by atoms with Gasteiger partial charge in [0.2, 0.25) is 0 Å². The fourth-order valence-corrected chi connectivity index (χ4v) is 1.70. The largest absolute Gasteiger partial charge is 0.476 e. The predicted molar refractivity (Wildman–Crippen MR) is 63.4 cm³/mol. The molecule has 0 aromatic carbocycles. The molecule has 1 atom stereocenters. The van der Waals surface area contributed by atoms with Crippen molar-refractivity contribution in [1.29, 1.82) is 0 Å². The first-order valence-corrected chi connectivity index (χ1v) is 5.85. The number of carboxylic acids is 1. The van der Waals surface area contributed by atoms with Crippen molar-refractivity contribution in [1.82, 2.24) is 15.0 Å². The maximum absolute atomic E-state index is 11.0. The number of aliphatic hydroxyl groups excluding tert-OH is 1. The van der Waals surface area contributed by atoms with Crippen molar-refractivity contribution < 1.29 is 19.7 Å². The molecule has 1 unspecified atom stereocenters. The van der Waals surface area contributed by atoms with Crippen LogP contribution in [0.3, 0.4) is 0 Å². The van der Waals surface area contributed by atoms with Crippen LogP contribution in [-0.4, -0.2) is 51.5 Å². The number of hydrogen-bond donors (Lipinski definition) is 2. The summed E-state index contributed by atoms with van der Waals surface area (Å²) in [5.41, 5.74) is 0.539. The molecule has 102 valence electrons. The van der Waals surface area contributed by atoms with Crippen LogP contribution in [0.4, 0.5) is 0 Å². The summed E-state index contributed by atoms with van der Waals surface area (Å²) >= 11 is 0. The summed E-state index contributed by atoms with van der Waals surface area (Å²) in [5, 5.41) is 25.4. The third kappa shape index (κ3) is 3.78. The number of carboxylic acid groups (broad SMARTS) is 1. The molecule has 0 radical (unpaired) electrons. The van der Waals surface area contributed by atoms with Crippen molar-refractivity contribution >= 4 is 5.97 Å². The van der Waals surface area contributed by atoms with Gasteiger partial charge in [0, 0.05) is 26.7 Å². The summed E-state index contributed by atoms with van der Waals surface area (Å²) in [5.74, 6) is -0.873. The molecule has 7 heteroatoms. The lowest BCUT2D eigenvalue weighted by Crippen LogP contribution is -2.15. The van der Waals surface area contributed by atoms with Crippen LogP contribution in [0.15, 0.2) is 0 Å². The standard InChI is InChI=1S/C11H19N3O4/c1-8(3-5-15)7-14-9(4-6-18-2)10(11(16)17)12-13-14/h8,15H,3-7H2,1-2H3,(H,16,17). The molecule has 0 saturated carbocycles. The second-order valence-electron chi connectivity index (χ2n) is 4.23. The number of hydrogen-bond acceptors (Lipinski definition) is 5. The Labute approximate surface area is 105 Å². The quantitative estimate of drug-likeness (QED) is 0.689. The molecule has 18 heavy (non-hydrogen) atoms. The minimum Gasteiger partial charge on any atom is -0.476 e. The van der Waals surface area contributed by atoms with E-state index in [1.54, 1.807) is 11.8 Å². The zero-order valence-corrected chi connectivity index (χ0v) is 10.7. The van der Waals surface area contributed by atoms with Gasteiger partial charge in [-0.3, -0.25) is 0 Å². The van der Waals surface area contributed by atoms with E-state index in [0.29, 0.717) is 31.7 Å². The van der Waals surface area contributed by atoms with E-state index in [1.165, 1.54) is 0 Å². The van der Waals surface area contributed by atoms with Crippen LogP contribution in [0.25, 0.3) is 0 Å². The van der Waals surface area contributed by atoms with Crippen LogP contribution < -0.4 is 0 Å². The fraction of sp³-hybridized carbons (Fsp3) is 0.727. The molecule has 1 rings (SSSR count). The smallest absolute Gasteiger partial charge is 0.358 e. The monoisotopic (exact) mass is 257 g/mol. The van der Waals surface area contributed by atoms with Gasteiger partial charge in [0.15, 0.2) is 5.69 Å². The summed E-state index contributed by atoms with van der Waals surface area (Å²) in [6.07, 6.45) is 1.10. The topological polar surface area (TPSA) is 97.5 Å². The third-order valence-corrected chi connectivity index (χ3v) is 2.69. The molecule has 0 saturated heterocycles. The van der Waals surface area contributed by atoms with Crippen LogP contribution in [0.5, 0.6) is 0 Å². The first kappa shape index (κ1) is 14.6. The molecule has 0 amide bonds. The number of rotatable bonds is 8. The van der Waals surface area contributed by atoms with Crippen LogP contribution >= 0.6 is 0 Å². The van der Waals surface area contributed by atoms with Crippen molar-refractivity contribution in [2.75, 3.05) is 20.3 Å². The summed E-state index contributed by atoms with van der Waals surface area (Å²) in [7, 11) is 1.56. The minimum absolute atomic E-state index is 0.0248. The second kappa shape index (κ2) is 7.07. The Balaban J connectivity index is 2.85. The number of nitrogens with zero attached hydrogens (tertiary/aromatic N) is 3. The number of carbonyl (C=O) groups is 1. The molecule has 0 aliphatic heterocycles. The van der Waals surface area contributed by atoms with E-state index in [2.05, 4.69) is 10.3 Å². The van der Waals surface area contributed by atoms with Gasteiger partial charge in [-0.2, -0.15) is 0 Å². The van der Waals surface area contributed by atoms with Crippen molar-refractivity contribution in [2.24, 2.45) is 5.92 Å². The Hall–Kier alpha value is -1.47. The Bertz CT molecular complexity index is 392. The predicted octanol–water partition coefficient (Wildman–Crippen LogP) is 0.184. The molecule has 0 aliphatic rings. The van der Waals surface area contributed by atoms with Gasteiger partial charge in [-0.05, 0) is 12.3 Å². The average Bonchev–Trinajstić information content (AvgIpc) is 2.69. The van der Waals surface area contributed by atoms with E-state index in [0.717, 1.165) is 0 Å². The first-order chi connectivity index (χ1) is 8.60. The molecular formula is C11H19N3O4. The third-order valence-electron chi connectivity index (χ3n) is 2.69. The van der Waals surface area contributed by atoms with Crippen molar-refractivity contribution in [3.8, 4) is 0 Å². The Morgan fingerprint density at radius 2 is 2.28 bits per heavy atom. The van der Waals surface area contributed by atoms with Gasteiger partial charge in [0.25, 0.3) is 0 Å². The van der Waals surface area contributed by atoms with E-state index in [4.69, 9.17) is 14.9 Å². The number of methoxy groups -OCH3 is 1. The number of aromatic nitrogens is 3.